The fraction of sp³-hybridized carbons (Fsp3) is 0.458. The lowest BCUT2D eigenvalue weighted by molar-refractivity contribution is -0.141. The van der Waals surface area contributed by atoms with Crippen molar-refractivity contribution in [3.8, 4) is 11.5 Å². The molecule has 35 heavy (non-hydrogen) atoms. The topological polar surface area (TPSA) is 108 Å². The molecule has 1 unspecified atom stereocenters. The molecule has 0 radical (unpaired) electrons. The molecule has 2 heterocycles. The minimum absolute atomic E-state index is 0.112. The van der Waals surface area contributed by atoms with Crippen LogP contribution in [-0.4, -0.2) is 76.7 Å². The number of rotatable bonds is 12. The molecule has 0 saturated heterocycles. The zero-order valence-corrected chi connectivity index (χ0v) is 21.4. The summed E-state index contributed by atoms with van der Waals surface area (Å²) in [5.74, 6) is 0.433. The highest BCUT2D eigenvalue weighted by atomic mass is 32.2. The van der Waals surface area contributed by atoms with Crippen LogP contribution in [0.1, 0.15) is 24.9 Å². The van der Waals surface area contributed by atoms with Gasteiger partial charge in [0, 0.05) is 26.5 Å². The van der Waals surface area contributed by atoms with E-state index in [9.17, 15) is 9.59 Å². The van der Waals surface area contributed by atoms with Crippen molar-refractivity contribution in [3.63, 3.8) is 0 Å². The van der Waals surface area contributed by atoms with Crippen molar-refractivity contribution in [1.29, 1.82) is 0 Å². The van der Waals surface area contributed by atoms with E-state index in [0.29, 0.717) is 41.1 Å². The first-order valence-corrected chi connectivity index (χ1v) is 11.9. The molecule has 190 valence electrons. The SMILES string of the molecule is COCCNC(=O)CC1=CSC2=NC(C)=C(C(=O)OCCOC)C(c3ccc(OC)c(OC)c3)N12. The fourth-order valence-corrected chi connectivity index (χ4v) is 4.75. The Bertz CT molecular complexity index is 1040. The molecule has 0 spiro atoms. The van der Waals surface area contributed by atoms with Crippen LogP contribution in [0.15, 0.2) is 45.6 Å². The highest BCUT2D eigenvalue weighted by Crippen LogP contribution is 2.46. The zero-order chi connectivity index (χ0) is 25.4. The third kappa shape index (κ3) is 6.16. The number of carbonyl (C=O) groups excluding carboxylic acids is 2. The van der Waals surface area contributed by atoms with Gasteiger partial charge in [0.1, 0.15) is 6.61 Å². The number of methoxy groups -OCH3 is 4. The fourth-order valence-electron chi connectivity index (χ4n) is 3.78. The van der Waals surface area contributed by atoms with Gasteiger partial charge >= 0.3 is 5.97 Å². The zero-order valence-electron chi connectivity index (χ0n) is 20.6. The van der Waals surface area contributed by atoms with Gasteiger partial charge in [0.15, 0.2) is 16.7 Å². The number of hydrogen-bond acceptors (Lipinski definition) is 10. The molecule has 0 aromatic heterocycles. The number of aliphatic imine (C=N–C) groups is 1. The lowest BCUT2D eigenvalue weighted by Crippen LogP contribution is -2.38. The molecule has 11 heteroatoms. The number of carbonyl (C=O) groups is 2. The summed E-state index contributed by atoms with van der Waals surface area (Å²) >= 11 is 1.41. The summed E-state index contributed by atoms with van der Waals surface area (Å²) in [4.78, 5) is 32.4. The molecule has 0 bridgehead atoms. The van der Waals surface area contributed by atoms with E-state index in [0.717, 1.165) is 11.3 Å². The number of benzene rings is 1. The Labute approximate surface area is 209 Å². The van der Waals surface area contributed by atoms with Crippen LogP contribution in [0.2, 0.25) is 0 Å². The smallest absolute Gasteiger partial charge is 0.338 e. The molecule has 0 aliphatic carbocycles. The molecule has 0 saturated carbocycles. The number of allylic oxidation sites excluding steroid dienone is 1. The van der Waals surface area contributed by atoms with Crippen molar-refractivity contribution in [1.82, 2.24) is 10.2 Å². The van der Waals surface area contributed by atoms with Crippen LogP contribution < -0.4 is 14.8 Å². The van der Waals surface area contributed by atoms with Crippen molar-refractivity contribution in [3.05, 3.63) is 46.1 Å². The molecule has 10 nitrogen and oxygen atoms in total. The van der Waals surface area contributed by atoms with Crippen molar-refractivity contribution in [2.24, 2.45) is 4.99 Å². The number of amides is 1. The van der Waals surface area contributed by atoms with E-state index in [1.807, 2.05) is 22.4 Å². The Morgan fingerprint density at radius 1 is 1.06 bits per heavy atom. The first-order valence-electron chi connectivity index (χ1n) is 11.0. The quantitative estimate of drug-likeness (QED) is 0.339. The highest BCUT2D eigenvalue weighted by molar-refractivity contribution is 8.16. The largest absolute Gasteiger partial charge is 0.493 e. The molecule has 1 aromatic rings. The maximum atomic E-state index is 13.2. The van der Waals surface area contributed by atoms with Gasteiger partial charge in [-0.3, -0.25) is 4.79 Å². The number of esters is 1. The Balaban J connectivity index is 2.00. The summed E-state index contributed by atoms with van der Waals surface area (Å²) in [6, 6.07) is 4.89. The molecular formula is C24H31N3O7S. The van der Waals surface area contributed by atoms with E-state index < -0.39 is 12.0 Å². The van der Waals surface area contributed by atoms with E-state index in [4.69, 9.17) is 23.7 Å². The summed E-state index contributed by atoms with van der Waals surface area (Å²) in [7, 11) is 6.23. The number of nitrogens with zero attached hydrogens (tertiary/aromatic N) is 2. The summed E-state index contributed by atoms with van der Waals surface area (Å²) in [5.41, 5.74) is 2.41. The molecule has 1 N–H and O–H groups in total. The van der Waals surface area contributed by atoms with Crippen LogP contribution in [-0.2, 0) is 23.8 Å². The normalized spacial score (nSPS) is 16.9. The lowest BCUT2D eigenvalue weighted by atomic mass is 9.93. The number of hydrogen-bond donors (Lipinski definition) is 1. The van der Waals surface area contributed by atoms with Gasteiger partial charge < -0.3 is 33.9 Å². The summed E-state index contributed by atoms with van der Waals surface area (Å²) in [5, 5.41) is 5.40. The first kappa shape index (κ1) is 26.6. The van der Waals surface area contributed by atoms with Crippen LogP contribution in [0, 0.1) is 0 Å². The highest BCUT2D eigenvalue weighted by Gasteiger charge is 2.41. The number of fused-ring (bicyclic) bond motifs is 1. The summed E-state index contributed by atoms with van der Waals surface area (Å²) in [6.07, 6.45) is 0.116. The number of nitrogens with one attached hydrogen (secondary N) is 1. The van der Waals surface area contributed by atoms with E-state index in [1.165, 1.54) is 18.9 Å². The van der Waals surface area contributed by atoms with Crippen LogP contribution in [0.5, 0.6) is 11.5 Å². The summed E-state index contributed by atoms with van der Waals surface area (Å²) in [6.45, 7) is 3.00. The third-order valence-electron chi connectivity index (χ3n) is 5.43. The molecular weight excluding hydrogens is 474 g/mol. The van der Waals surface area contributed by atoms with Gasteiger partial charge in [-0.1, -0.05) is 17.8 Å². The number of amidine groups is 1. The molecule has 2 aliphatic rings. The van der Waals surface area contributed by atoms with Crippen LogP contribution in [0.4, 0.5) is 0 Å². The minimum Gasteiger partial charge on any atom is -0.493 e. The molecule has 3 rings (SSSR count). The second kappa shape index (κ2) is 12.6. The summed E-state index contributed by atoms with van der Waals surface area (Å²) < 4.78 is 26.4. The number of ether oxygens (including phenoxy) is 5. The molecule has 2 aliphatic heterocycles. The maximum absolute atomic E-state index is 13.2. The maximum Gasteiger partial charge on any atom is 0.338 e. The molecule has 1 atom stereocenters. The van der Waals surface area contributed by atoms with Gasteiger partial charge in [-0.2, -0.15) is 0 Å². The van der Waals surface area contributed by atoms with Crippen molar-refractivity contribution < 1.29 is 33.3 Å². The van der Waals surface area contributed by atoms with Crippen LogP contribution >= 0.6 is 11.8 Å². The lowest BCUT2D eigenvalue weighted by Gasteiger charge is -2.36. The van der Waals surface area contributed by atoms with Crippen molar-refractivity contribution in [2.45, 2.75) is 19.4 Å². The van der Waals surface area contributed by atoms with E-state index in [1.54, 1.807) is 34.3 Å². The second-order valence-corrected chi connectivity index (χ2v) is 8.49. The predicted octanol–water partition coefficient (Wildman–Crippen LogP) is 2.62. The second-order valence-electron chi connectivity index (χ2n) is 7.66. The Kier molecular flexibility index (Phi) is 9.58. The average Bonchev–Trinajstić information content (AvgIpc) is 3.24. The number of thioether (sulfide) groups is 1. The Morgan fingerprint density at radius 3 is 2.49 bits per heavy atom. The van der Waals surface area contributed by atoms with Crippen LogP contribution in [0.3, 0.4) is 0 Å². The van der Waals surface area contributed by atoms with E-state index in [-0.39, 0.29) is 25.5 Å². The Hall–Kier alpha value is -3.02. The van der Waals surface area contributed by atoms with Crippen LogP contribution in [0.25, 0.3) is 0 Å². The molecule has 1 amide bonds. The predicted molar refractivity (Wildman–Crippen MR) is 132 cm³/mol. The van der Waals surface area contributed by atoms with Gasteiger partial charge in [-0.25, -0.2) is 9.79 Å². The monoisotopic (exact) mass is 505 g/mol. The van der Waals surface area contributed by atoms with Gasteiger partial charge in [-0.15, -0.1) is 0 Å². The molecule has 0 fully saturated rings. The van der Waals surface area contributed by atoms with Crippen molar-refractivity contribution in [2.75, 3.05) is 54.8 Å². The van der Waals surface area contributed by atoms with Gasteiger partial charge in [0.05, 0.1) is 51.2 Å². The Morgan fingerprint density at radius 2 is 1.80 bits per heavy atom. The van der Waals surface area contributed by atoms with E-state index in [2.05, 4.69) is 10.3 Å². The average molecular weight is 506 g/mol. The third-order valence-corrected chi connectivity index (χ3v) is 6.32. The van der Waals surface area contributed by atoms with Gasteiger partial charge in [0.2, 0.25) is 5.91 Å². The molecule has 1 aromatic carbocycles. The minimum atomic E-state index is -0.578. The van der Waals surface area contributed by atoms with E-state index >= 15 is 0 Å². The van der Waals surface area contributed by atoms with Gasteiger partial charge in [-0.05, 0) is 30.0 Å². The standard InChI is InChI=1S/C24H31N3O7S/c1-15-21(23(29)34-11-10-31-3)22(16-6-7-18(32-4)19(12-16)33-5)27-17(14-35-24(27)26-15)13-20(28)25-8-9-30-2/h6-7,12,14,22H,8-11,13H2,1-5H3,(H,25,28). The first-order chi connectivity index (χ1) is 16.9. The van der Waals surface area contributed by atoms with Gasteiger partial charge in [0.25, 0.3) is 0 Å². The van der Waals surface area contributed by atoms with Crippen molar-refractivity contribution >= 4 is 28.8 Å².